The maximum absolute atomic E-state index is 11.4. The van der Waals surface area contributed by atoms with Crippen molar-refractivity contribution in [2.75, 3.05) is 6.61 Å². The molecular weight excluding hydrogens is 248 g/mol. The Labute approximate surface area is 109 Å². The van der Waals surface area contributed by atoms with Crippen LogP contribution < -0.4 is 4.80 Å². The SMILES string of the molecule is CCOC(=O)/N=c1\sccn1-c1cccc(C)c1. The average Bonchev–Trinajstić information content (AvgIpc) is 2.77. The lowest BCUT2D eigenvalue weighted by Crippen LogP contribution is -2.15. The Balaban J connectivity index is 2.42. The van der Waals surface area contributed by atoms with Crippen LogP contribution in [0.25, 0.3) is 5.69 Å². The quantitative estimate of drug-likeness (QED) is 0.835. The van der Waals surface area contributed by atoms with E-state index < -0.39 is 6.09 Å². The van der Waals surface area contributed by atoms with Gasteiger partial charge in [0.05, 0.1) is 6.61 Å². The summed E-state index contributed by atoms with van der Waals surface area (Å²) in [6, 6.07) is 8.02. The highest BCUT2D eigenvalue weighted by Crippen LogP contribution is 2.08. The van der Waals surface area contributed by atoms with Crippen LogP contribution in [0.3, 0.4) is 0 Å². The van der Waals surface area contributed by atoms with Gasteiger partial charge >= 0.3 is 6.09 Å². The van der Waals surface area contributed by atoms with Gasteiger partial charge in [0, 0.05) is 17.3 Å². The maximum atomic E-state index is 11.4. The summed E-state index contributed by atoms with van der Waals surface area (Å²) >= 11 is 1.40. The molecule has 4 nitrogen and oxygen atoms in total. The molecule has 1 heterocycles. The molecule has 0 bridgehead atoms. The molecule has 0 aliphatic carbocycles. The van der Waals surface area contributed by atoms with Gasteiger partial charge in [-0.3, -0.25) is 4.57 Å². The molecule has 0 aliphatic rings. The molecular formula is C13H14N2O2S. The van der Waals surface area contributed by atoms with Crippen LogP contribution in [-0.4, -0.2) is 17.3 Å². The van der Waals surface area contributed by atoms with Crippen molar-refractivity contribution in [3.05, 3.63) is 46.2 Å². The number of nitrogens with zero attached hydrogens (tertiary/aromatic N) is 2. The van der Waals surface area contributed by atoms with Crippen molar-refractivity contribution in [1.82, 2.24) is 4.57 Å². The second-order valence-electron chi connectivity index (χ2n) is 3.71. The number of benzene rings is 1. The van der Waals surface area contributed by atoms with Crippen molar-refractivity contribution in [3.63, 3.8) is 0 Å². The van der Waals surface area contributed by atoms with Crippen LogP contribution in [0.15, 0.2) is 40.8 Å². The van der Waals surface area contributed by atoms with Gasteiger partial charge in [-0.1, -0.05) is 12.1 Å². The van der Waals surface area contributed by atoms with Crippen molar-refractivity contribution in [2.45, 2.75) is 13.8 Å². The number of carbonyl (C=O) groups is 1. The number of hydrogen-bond donors (Lipinski definition) is 0. The predicted octanol–water partition coefficient (Wildman–Crippen LogP) is 2.90. The van der Waals surface area contributed by atoms with E-state index in [2.05, 4.69) is 4.99 Å². The second-order valence-corrected chi connectivity index (χ2v) is 4.58. The molecule has 94 valence electrons. The fourth-order valence-electron chi connectivity index (χ4n) is 1.56. The van der Waals surface area contributed by atoms with E-state index >= 15 is 0 Å². The number of aromatic nitrogens is 1. The van der Waals surface area contributed by atoms with Crippen molar-refractivity contribution >= 4 is 17.4 Å². The Morgan fingerprint density at radius 2 is 2.33 bits per heavy atom. The lowest BCUT2D eigenvalue weighted by molar-refractivity contribution is 0.162. The molecule has 0 spiro atoms. The van der Waals surface area contributed by atoms with E-state index in [0.717, 1.165) is 11.3 Å². The Morgan fingerprint density at radius 3 is 3.06 bits per heavy atom. The van der Waals surface area contributed by atoms with Crippen LogP contribution in [0.2, 0.25) is 0 Å². The molecule has 0 atom stereocenters. The lowest BCUT2D eigenvalue weighted by Gasteiger charge is -2.03. The Bertz CT molecular complexity index is 613. The molecule has 0 radical (unpaired) electrons. The van der Waals surface area contributed by atoms with Crippen LogP contribution in [-0.2, 0) is 4.74 Å². The third kappa shape index (κ3) is 2.87. The third-order valence-electron chi connectivity index (χ3n) is 2.32. The molecule has 18 heavy (non-hydrogen) atoms. The first-order valence-electron chi connectivity index (χ1n) is 5.65. The number of ether oxygens (including phenoxy) is 1. The van der Waals surface area contributed by atoms with Crippen molar-refractivity contribution in [1.29, 1.82) is 0 Å². The van der Waals surface area contributed by atoms with Crippen LogP contribution in [0.4, 0.5) is 4.79 Å². The number of thiazole rings is 1. The fourth-order valence-corrected chi connectivity index (χ4v) is 2.27. The maximum Gasteiger partial charge on any atom is 0.436 e. The summed E-state index contributed by atoms with van der Waals surface area (Å²) in [6.45, 7) is 4.12. The lowest BCUT2D eigenvalue weighted by atomic mass is 10.2. The van der Waals surface area contributed by atoms with Crippen molar-refractivity contribution < 1.29 is 9.53 Å². The molecule has 0 saturated carbocycles. The highest BCUT2D eigenvalue weighted by atomic mass is 32.1. The van der Waals surface area contributed by atoms with E-state index in [0.29, 0.717) is 11.4 Å². The van der Waals surface area contributed by atoms with E-state index in [-0.39, 0.29) is 0 Å². The van der Waals surface area contributed by atoms with Gasteiger partial charge in [-0.05, 0) is 31.5 Å². The van der Waals surface area contributed by atoms with E-state index in [4.69, 9.17) is 4.74 Å². The highest BCUT2D eigenvalue weighted by molar-refractivity contribution is 7.07. The smallest absolute Gasteiger partial charge is 0.436 e. The largest absolute Gasteiger partial charge is 0.448 e. The Kier molecular flexibility index (Phi) is 3.94. The number of amides is 1. The minimum atomic E-state index is -0.554. The molecule has 2 aromatic rings. The zero-order valence-corrected chi connectivity index (χ0v) is 11.1. The molecule has 1 aromatic carbocycles. The number of carbonyl (C=O) groups excluding carboxylic acids is 1. The van der Waals surface area contributed by atoms with Gasteiger partial charge < -0.3 is 4.74 Å². The van der Waals surface area contributed by atoms with Gasteiger partial charge in [-0.15, -0.1) is 16.3 Å². The predicted molar refractivity (Wildman–Crippen MR) is 71.0 cm³/mol. The summed E-state index contributed by atoms with van der Waals surface area (Å²) in [5.74, 6) is 0. The summed E-state index contributed by atoms with van der Waals surface area (Å²) in [7, 11) is 0. The molecule has 1 aromatic heterocycles. The average molecular weight is 262 g/mol. The second kappa shape index (κ2) is 5.64. The minimum absolute atomic E-state index is 0.332. The Hall–Kier alpha value is -1.88. The summed E-state index contributed by atoms with van der Waals surface area (Å²) in [6.07, 6.45) is 1.33. The number of hydrogen-bond acceptors (Lipinski definition) is 3. The van der Waals surface area contributed by atoms with Gasteiger partial charge in [0.15, 0.2) is 0 Å². The van der Waals surface area contributed by atoms with Crippen molar-refractivity contribution in [3.8, 4) is 5.69 Å². The Morgan fingerprint density at radius 1 is 1.50 bits per heavy atom. The van der Waals surface area contributed by atoms with Crippen LogP contribution in [0.5, 0.6) is 0 Å². The molecule has 5 heteroatoms. The van der Waals surface area contributed by atoms with E-state index in [1.165, 1.54) is 11.3 Å². The zero-order valence-electron chi connectivity index (χ0n) is 10.3. The minimum Gasteiger partial charge on any atom is -0.448 e. The number of aryl methyl sites for hydroxylation is 1. The van der Waals surface area contributed by atoms with Gasteiger partial charge in [0.1, 0.15) is 0 Å². The molecule has 0 N–H and O–H groups in total. The first-order chi connectivity index (χ1) is 8.70. The summed E-state index contributed by atoms with van der Waals surface area (Å²) in [5, 5.41) is 1.89. The van der Waals surface area contributed by atoms with E-state index in [1.54, 1.807) is 6.92 Å². The highest BCUT2D eigenvalue weighted by Gasteiger charge is 2.02. The molecule has 2 rings (SSSR count). The van der Waals surface area contributed by atoms with Gasteiger partial charge in [0.25, 0.3) is 0 Å². The van der Waals surface area contributed by atoms with Gasteiger partial charge in [-0.2, -0.15) is 0 Å². The molecule has 0 saturated heterocycles. The molecule has 1 amide bonds. The topological polar surface area (TPSA) is 43.6 Å². The fraction of sp³-hybridized carbons (Fsp3) is 0.231. The first-order valence-corrected chi connectivity index (χ1v) is 6.53. The monoisotopic (exact) mass is 262 g/mol. The molecule has 0 aliphatic heterocycles. The summed E-state index contributed by atoms with van der Waals surface area (Å²) in [4.78, 5) is 15.9. The summed E-state index contributed by atoms with van der Waals surface area (Å²) < 4.78 is 6.69. The van der Waals surface area contributed by atoms with Crippen LogP contribution in [0, 0.1) is 6.92 Å². The molecule has 0 unspecified atom stereocenters. The zero-order chi connectivity index (χ0) is 13.0. The van der Waals surface area contributed by atoms with Crippen LogP contribution >= 0.6 is 11.3 Å². The summed E-state index contributed by atoms with van der Waals surface area (Å²) in [5.41, 5.74) is 2.15. The van der Waals surface area contributed by atoms with Crippen LogP contribution in [0.1, 0.15) is 12.5 Å². The van der Waals surface area contributed by atoms with E-state index in [1.807, 2.05) is 47.3 Å². The van der Waals surface area contributed by atoms with Gasteiger partial charge in [0.2, 0.25) is 4.80 Å². The third-order valence-corrected chi connectivity index (χ3v) is 3.08. The normalized spacial score (nSPS) is 11.6. The van der Waals surface area contributed by atoms with Crippen molar-refractivity contribution in [2.24, 2.45) is 4.99 Å². The first kappa shape index (κ1) is 12.6. The number of rotatable bonds is 2. The standard InChI is InChI=1S/C13H14N2O2S/c1-3-17-13(16)14-12-15(7-8-18-12)11-6-4-5-10(2)9-11/h4-9H,3H2,1-2H3/b14-12-. The molecule has 0 fully saturated rings. The van der Waals surface area contributed by atoms with E-state index in [9.17, 15) is 4.79 Å². The van der Waals surface area contributed by atoms with Gasteiger partial charge in [-0.25, -0.2) is 4.79 Å².